The zero-order valence-electron chi connectivity index (χ0n) is 11.2. The Kier molecular flexibility index (Phi) is 5.06. The predicted molar refractivity (Wildman–Crippen MR) is 80.3 cm³/mol. The molecule has 1 aromatic heterocycles. The van der Waals surface area contributed by atoms with Crippen molar-refractivity contribution in [3.63, 3.8) is 0 Å². The molecular formula is C14H13BrF3N3. The van der Waals surface area contributed by atoms with Crippen LogP contribution < -0.4 is 10.6 Å². The highest BCUT2D eigenvalue weighted by molar-refractivity contribution is 9.10. The van der Waals surface area contributed by atoms with Gasteiger partial charge in [-0.05, 0) is 40.5 Å². The molecule has 1 heterocycles. The number of aromatic nitrogens is 1. The first-order valence-corrected chi connectivity index (χ1v) is 7.12. The van der Waals surface area contributed by atoms with Gasteiger partial charge in [0.1, 0.15) is 5.82 Å². The maximum absolute atomic E-state index is 13.8. The van der Waals surface area contributed by atoms with Crippen LogP contribution in [-0.4, -0.2) is 11.5 Å². The van der Waals surface area contributed by atoms with Gasteiger partial charge in [-0.15, -0.1) is 0 Å². The van der Waals surface area contributed by atoms with Gasteiger partial charge in [0.05, 0.1) is 5.69 Å². The van der Waals surface area contributed by atoms with E-state index < -0.39 is 17.5 Å². The molecule has 0 fully saturated rings. The molecule has 2 rings (SSSR count). The van der Waals surface area contributed by atoms with Crippen LogP contribution in [0.25, 0.3) is 0 Å². The smallest absolute Gasteiger partial charge is 0.169 e. The summed E-state index contributed by atoms with van der Waals surface area (Å²) in [5.74, 6) is -2.34. The van der Waals surface area contributed by atoms with Crippen molar-refractivity contribution < 1.29 is 13.2 Å². The summed E-state index contributed by atoms with van der Waals surface area (Å²) < 4.78 is 41.1. The van der Waals surface area contributed by atoms with Gasteiger partial charge in [-0.2, -0.15) is 0 Å². The zero-order valence-corrected chi connectivity index (χ0v) is 12.8. The van der Waals surface area contributed by atoms with E-state index in [4.69, 9.17) is 0 Å². The van der Waals surface area contributed by atoms with Gasteiger partial charge in [0.2, 0.25) is 0 Å². The van der Waals surface area contributed by atoms with Crippen LogP contribution in [0.1, 0.15) is 13.3 Å². The molecule has 0 unspecified atom stereocenters. The van der Waals surface area contributed by atoms with Crippen molar-refractivity contribution in [2.45, 2.75) is 13.3 Å². The lowest BCUT2D eigenvalue weighted by atomic mass is 10.3. The monoisotopic (exact) mass is 359 g/mol. The third-order valence-corrected chi connectivity index (χ3v) is 3.34. The molecular weight excluding hydrogens is 347 g/mol. The fourth-order valence-corrected chi connectivity index (χ4v) is 1.99. The molecule has 0 bridgehead atoms. The van der Waals surface area contributed by atoms with Gasteiger partial charge in [-0.25, -0.2) is 18.2 Å². The third-order valence-electron chi connectivity index (χ3n) is 2.65. The molecule has 0 spiro atoms. The SMILES string of the molecule is CCCNc1nc(Nc2cc(F)ccc2Br)c(F)cc1F. The summed E-state index contributed by atoms with van der Waals surface area (Å²) >= 11 is 3.22. The Morgan fingerprint density at radius 2 is 1.81 bits per heavy atom. The van der Waals surface area contributed by atoms with E-state index in [0.29, 0.717) is 16.7 Å². The lowest BCUT2D eigenvalue weighted by molar-refractivity contribution is 0.579. The molecule has 0 aliphatic carbocycles. The molecule has 0 amide bonds. The molecule has 1 aromatic carbocycles. The maximum atomic E-state index is 13.8. The van der Waals surface area contributed by atoms with Crippen molar-refractivity contribution in [2.24, 2.45) is 0 Å². The lowest BCUT2D eigenvalue weighted by Crippen LogP contribution is -2.08. The van der Waals surface area contributed by atoms with Crippen LogP contribution in [0, 0.1) is 17.5 Å². The van der Waals surface area contributed by atoms with Gasteiger partial charge in [0.25, 0.3) is 0 Å². The average Bonchev–Trinajstić information content (AvgIpc) is 2.44. The minimum absolute atomic E-state index is 0.0479. The van der Waals surface area contributed by atoms with Gasteiger partial charge < -0.3 is 10.6 Å². The molecule has 3 nitrogen and oxygen atoms in total. The fourth-order valence-electron chi connectivity index (χ4n) is 1.64. The highest BCUT2D eigenvalue weighted by Gasteiger charge is 2.13. The van der Waals surface area contributed by atoms with Crippen molar-refractivity contribution in [1.29, 1.82) is 0 Å². The average molecular weight is 360 g/mol. The number of nitrogens with zero attached hydrogens (tertiary/aromatic N) is 1. The molecule has 0 radical (unpaired) electrons. The molecule has 0 saturated heterocycles. The number of anilines is 3. The van der Waals surface area contributed by atoms with E-state index in [1.807, 2.05) is 6.92 Å². The summed E-state index contributed by atoms with van der Waals surface area (Å²) in [5, 5.41) is 5.41. The van der Waals surface area contributed by atoms with E-state index in [2.05, 4.69) is 31.5 Å². The molecule has 112 valence electrons. The number of hydrogen-bond donors (Lipinski definition) is 2. The quantitative estimate of drug-likeness (QED) is 0.802. The van der Waals surface area contributed by atoms with Gasteiger partial charge in [-0.3, -0.25) is 0 Å². The number of nitrogens with one attached hydrogen (secondary N) is 2. The first kappa shape index (κ1) is 15.6. The van der Waals surface area contributed by atoms with E-state index >= 15 is 0 Å². The second kappa shape index (κ2) is 6.80. The predicted octanol–water partition coefficient (Wildman–Crippen LogP) is 4.83. The first-order chi connectivity index (χ1) is 10.0. The van der Waals surface area contributed by atoms with Gasteiger partial charge in [0, 0.05) is 17.1 Å². The van der Waals surface area contributed by atoms with Crippen molar-refractivity contribution >= 4 is 33.3 Å². The van der Waals surface area contributed by atoms with Crippen molar-refractivity contribution in [2.75, 3.05) is 17.2 Å². The minimum Gasteiger partial charge on any atom is -0.368 e. The summed E-state index contributed by atoms with van der Waals surface area (Å²) in [7, 11) is 0. The van der Waals surface area contributed by atoms with Crippen LogP contribution in [0.3, 0.4) is 0 Å². The number of benzene rings is 1. The van der Waals surface area contributed by atoms with Crippen LogP contribution in [0.4, 0.5) is 30.5 Å². The highest BCUT2D eigenvalue weighted by atomic mass is 79.9. The Bertz CT molecular complexity index is 650. The normalized spacial score (nSPS) is 10.5. The van der Waals surface area contributed by atoms with Crippen LogP contribution >= 0.6 is 15.9 Å². The second-order valence-corrected chi connectivity index (χ2v) is 5.18. The first-order valence-electron chi connectivity index (χ1n) is 6.33. The molecule has 21 heavy (non-hydrogen) atoms. The van der Waals surface area contributed by atoms with Crippen molar-refractivity contribution in [3.8, 4) is 0 Å². The summed E-state index contributed by atoms with van der Waals surface area (Å²) in [5.41, 5.74) is 0.300. The maximum Gasteiger partial charge on any atom is 0.169 e. The molecule has 0 saturated carbocycles. The van der Waals surface area contributed by atoms with Crippen molar-refractivity contribution in [3.05, 3.63) is 46.2 Å². The van der Waals surface area contributed by atoms with Gasteiger partial charge in [0.15, 0.2) is 23.3 Å². The van der Waals surface area contributed by atoms with E-state index in [9.17, 15) is 13.2 Å². The van der Waals surface area contributed by atoms with E-state index in [1.54, 1.807) is 0 Å². The summed E-state index contributed by atoms with van der Waals surface area (Å²) in [4.78, 5) is 3.86. The van der Waals surface area contributed by atoms with Crippen LogP contribution in [-0.2, 0) is 0 Å². The summed E-state index contributed by atoms with van der Waals surface area (Å²) in [6, 6.07) is 4.67. The second-order valence-electron chi connectivity index (χ2n) is 4.33. The van der Waals surface area contributed by atoms with E-state index in [1.165, 1.54) is 18.2 Å². The van der Waals surface area contributed by atoms with Gasteiger partial charge in [-0.1, -0.05) is 6.92 Å². The summed E-state index contributed by atoms with van der Waals surface area (Å²) in [6.07, 6.45) is 0.775. The Hall–Kier alpha value is -1.76. The van der Waals surface area contributed by atoms with Crippen LogP contribution in [0.5, 0.6) is 0 Å². The Balaban J connectivity index is 2.32. The van der Waals surface area contributed by atoms with E-state index in [0.717, 1.165) is 12.5 Å². The standard InChI is InChI=1S/C14H13BrF3N3/c1-2-5-19-13-10(17)7-11(18)14(21-13)20-12-6-8(16)3-4-9(12)15/h3-4,6-7H,2,5H2,1H3,(H2,19,20,21). The number of rotatable bonds is 5. The molecule has 0 atom stereocenters. The Morgan fingerprint density at radius 1 is 1.10 bits per heavy atom. The van der Waals surface area contributed by atoms with Gasteiger partial charge >= 0.3 is 0 Å². The van der Waals surface area contributed by atoms with Crippen LogP contribution in [0.2, 0.25) is 0 Å². The topological polar surface area (TPSA) is 37.0 Å². The Morgan fingerprint density at radius 3 is 2.52 bits per heavy atom. The summed E-state index contributed by atoms with van der Waals surface area (Å²) in [6.45, 7) is 2.43. The molecule has 0 aliphatic rings. The fraction of sp³-hybridized carbons (Fsp3) is 0.214. The Labute approximate surface area is 128 Å². The van der Waals surface area contributed by atoms with Crippen molar-refractivity contribution in [1.82, 2.24) is 4.98 Å². The zero-order chi connectivity index (χ0) is 15.4. The number of halogens is 4. The van der Waals surface area contributed by atoms with Crippen LogP contribution in [0.15, 0.2) is 28.7 Å². The van der Waals surface area contributed by atoms with E-state index in [-0.39, 0.29) is 11.6 Å². The highest BCUT2D eigenvalue weighted by Crippen LogP contribution is 2.28. The lowest BCUT2D eigenvalue weighted by Gasteiger charge is -2.12. The third kappa shape index (κ3) is 3.87. The largest absolute Gasteiger partial charge is 0.368 e. The molecule has 7 heteroatoms. The number of hydrogen-bond acceptors (Lipinski definition) is 3. The molecule has 2 N–H and O–H groups in total. The molecule has 2 aromatic rings. The number of pyridine rings is 1. The minimum atomic E-state index is -0.856. The molecule has 0 aliphatic heterocycles.